The van der Waals surface area contributed by atoms with E-state index in [0.717, 1.165) is 18.7 Å². The lowest BCUT2D eigenvalue weighted by molar-refractivity contribution is 0.0692. The van der Waals surface area contributed by atoms with Gasteiger partial charge in [0.25, 0.3) is 10.0 Å². The van der Waals surface area contributed by atoms with Crippen LogP contribution in [0.5, 0.6) is 0 Å². The summed E-state index contributed by atoms with van der Waals surface area (Å²) in [6, 6.07) is 0. The minimum atomic E-state index is -4.06. The van der Waals surface area contributed by atoms with Gasteiger partial charge in [-0.25, -0.2) is 4.79 Å². The minimum absolute atomic E-state index is 0.0796. The van der Waals surface area contributed by atoms with E-state index in [1.54, 1.807) is 0 Å². The first-order valence-corrected chi connectivity index (χ1v) is 5.68. The molecule has 9 nitrogen and oxygen atoms in total. The lowest BCUT2D eigenvalue weighted by atomic mass is 10.4. The van der Waals surface area contributed by atoms with Crippen molar-refractivity contribution < 1.29 is 22.8 Å². The van der Waals surface area contributed by atoms with E-state index in [1.807, 2.05) is 0 Å². The van der Waals surface area contributed by atoms with Crippen molar-refractivity contribution in [2.24, 2.45) is 0 Å². The third-order valence-electron chi connectivity index (χ3n) is 1.79. The van der Waals surface area contributed by atoms with Crippen molar-refractivity contribution in [2.75, 3.05) is 4.72 Å². The van der Waals surface area contributed by atoms with Crippen molar-refractivity contribution in [3.8, 4) is 0 Å². The average molecular weight is 258 g/mol. The number of sulfonamides is 1. The number of nitrogens with zero attached hydrogens (tertiary/aromatic N) is 2. The zero-order valence-corrected chi connectivity index (χ0v) is 8.93. The summed E-state index contributed by atoms with van der Waals surface area (Å²) in [6.07, 6.45) is 3.10. The molecule has 2 heterocycles. The molecule has 90 valence electrons. The SMILES string of the molecule is O=C(O)c1cn[nH]c1S(=O)(=O)Nc1cnoc1. The number of aromatic amines is 1. The second-order valence-corrected chi connectivity index (χ2v) is 4.56. The Kier molecular flexibility index (Phi) is 2.55. The zero-order chi connectivity index (χ0) is 12.5. The monoisotopic (exact) mass is 258 g/mol. The molecule has 0 saturated carbocycles. The van der Waals surface area contributed by atoms with E-state index in [-0.39, 0.29) is 5.69 Å². The molecule has 0 saturated heterocycles. The summed E-state index contributed by atoms with van der Waals surface area (Å²) in [5.41, 5.74) is -0.370. The predicted molar refractivity (Wildman–Crippen MR) is 52.9 cm³/mol. The topological polar surface area (TPSA) is 138 Å². The summed E-state index contributed by atoms with van der Waals surface area (Å²) in [7, 11) is -4.06. The van der Waals surface area contributed by atoms with E-state index in [0.29, 0.717) is 0 Å². The number of carbonyl (C=O) groups is 1. The Bertz CT molecular complexity index is 629. The number of aromatic carboxylic acids is 1. The van der Waals surface area contributed by atoms with E-state index < -0.39 is 26.6 Å². The number of anilines is 1. The van der Waals surface area contributed by atoms with Crippen LogP contribution in [0.3, 0.4) is 0 Å². The molecule has 0 aliphatic rings. The van der Waals surface area contributed by atoms with E-state index in [1.165, 1.54) is 0 Å². The average Bonchev–Trinajstić information content (AvgIpc) is 2.84. The number of H-pyrrole nitrogens is 1. The van der Waals surface area contributed by atoms with Crippen molar-refractivity contribution in [3.63, 3.8) is 0 Å². The molecule has 3 N–H and O–H groups in total. The molecule has 17 heavy (non-hydrogen) atoms. The van der Waals surface area contributed by atoms with Crippen LogP contribution in [-0.2, 0) is 10.0 Å². The molecule has 0 bridgehead atoms. The number of rotatable bonds is 4. The maximum absolute atomic E-state index is 11.8. The lowest BCUT2D eigenvalue weighted by Crippen LogP contribution is -2.16. The van der Waals surface area contributed by atoms with Crippen LogP contribution in [0.25, 0.3) is 0 Å². The quantitative estimate of drug-likeness (QED) is 0.695. The molecule has 0 aliphatic heterocycles. The Balaban J connectivity index is 2.38. The highest BCUT2D eigenvalue weighted by Gasteiger charge is 2.25. The third-order valence-corrected chi connectivity index (χ3v) is 3.14. The fourth-order valence-corrected chi connectivity index (χ4v) is 2.21. The largest absolute Gasteiger partial charge is 0.478 e. The van der Waals surface area contributed by atoms with Gasteiger partial charge in [0.1, 0.15) is 17.5 Å². The Morgan fingerprint density at radius 2 is 2.24 bits per heavy atom. The molecule has 0 aromatic carbocycles. The van der Waals surface area contributed by atoms with Gasteiger partial charge in [-0.2, -0.15) is 13.5 Å². The van der Waals surface area contributed by atoms with Crippen molar-refractivity contribution in [1.29, 1.82) is 0 Å². The Hall–Kier alpha value is -2.36. The van der Waals surface area contributed by atoms with Gasteiger partial charge in [0.05, 0.1) is 12.4 Å². The van der Waals surface area contributed by atoms with Crippen molar-refractivity contribution in [1.82, 2.24) is 15.4 Å². The minimum Gasteiger partial charge on any atom is -0.478 e. The third kappa shape index (κ3) is 2.10. The van der Waals surface area contributed by atoms with Gasteiger partial charge in [0, 0.05) is 0 Å². The van der Waals surface area contributed by atoms with E-state index in [9.17, 15) is 13.2 Å². The number of nitrogens with one attached hydrogen (secondary N) is 2. The summed E-state index contributed by atoms with van der Waals surface area (Å²) in [6.45, 7) is 0. The van der Waals surface area contributed by atoms with Crippen LogP contribution in [0.1, 0.15) is 10.4 Å². The fourth-order valence-electron chi connectivity index (χ4n) is 1.09. The summed E-state index contributed by atoms with van der Waals surface area (Å²) < 4.78 is 30.1. The molecule has 0 unspecified atom stereocenters. The van der Waals surface area contributed by atoms with Gasteiger partial charge < -0.3 is 9.63 Å². The highest BCUT2D eigenvalue weighted by atomic mass is 32.2. The predicted octanol–water partition coefficient (Wildman–Crippen LogP) is -0.103. The number of aromatic nitrogens is 3. The second kappa shape index (κ2) is 3.90. The smallest absolute Gasteiger partial charge is 0.340 e. The van der Waals surface area contributed by atoms with Gasteiger partial charge in [-0.3, -0.25) is 9.82 Å². The first-order valence-electron chi connectivity index (χ1n) is 4.19. The summed E-state index contributed by atoms with van der Waals surface area (Å²) >= 11 is 0. The highest BCUT2D eigenvalue weighted by Crippen LogP contribution is 2.16. The molecule has 2 aromatic rings. The molecule has 2 aromatic heterocycles. The van der Waals surface area contributed by atoms with Gasteiger partial charge in [0.2, 0.25) is 0 Å². The Morgan fingerprint density at radius 3 is 2.82 bits per heavy atom. The van der Waals surface area contributed by atoms with Crippen molar-refractivity contribution in [2.45, 2.75) is 5.03 Å². The van der Waals surface area contributed by atoms with E-state index in [2.05, 4.69) is 24.6 Å². The maximum Gasteiger partial charge on any atom is 0.340 e. The van der Waals surface area contributed by atoms with Crippen LogP contribution < -0.4 is 4.72 Å². The Labute approximate surface area is 94.5 Å². The summed E-state index contributed by atoms with van der Waals surface area (Å²) in [4.78, 5) is 10.7. The normalized spacial score (nSPS) is 11.3. The first-order chi connectivity index (χ1) is 8.00. The van der Waals surface area contributed by atoms with Crippen LogP contribution >= 0.6 is 0 Å². The van der Waals surface area contributed by atoms with Crippen LogP contribution in [0.4, 0.5) is 5.69 Å². The molecular formula is C7H6N4O5S. The fraction of sp³-hybridized carbons (Fsp3) is 0. The molecule has 10 heteroatoms. The molecule has 0 spiro atoms. The maximum atomic E-state index is 11.8. The van der Waals surface area contributed by atoms with Crippen LogP contribution in [0.2, 0.25) is 0 Å². The van der Waals surface area contributed by atoms with Crippen molar-refractivity contribution in [3.05, 3.63) is 24.2 Å². The van der Waals surface area contributed by atoms with Gasteiger partial charge >= 0.3 is 5.97 Å². The van der Waals surface area contributed by atoms with Gasteiger partial charge in [-0.05, 0) is 0 Å². The van der Waals surface area contributed by atoms with Crippen LogP contribution in [-0.4, -0.2) is 34.8 Å². The summed E-state index contributed by atoms with van der Waals surface area (Å²) in [5, 5.41) is 17.0. The number of hydrogen-bond donors (Lipinski definition) is 3. The zero-order valence-electron chi connectivity index (χ0n) is 8.11. The van der Waals surface area contributed by atoms with Gasteiger partial charge in [0.15, 0.2) is 5.03 Å². The first kappa shape index (κ1) is 11.1. The van der Waals surface area contributed by atoms with Gasteiger partial charge in [-0.15, -0.1) is 0 Å². The van der Waals surface area contributed by atoms with Crippen molar-refractivity contribution >= 4 is 21.7 Å². The molecule has 0 radical (unpaired) electrons. The summed E-state index contributed by atoms with van der Waals surface area (Å²) in [5.74, 6) is -1.40. The molecule has 0 fully saturated rings. The number of hydrogen-bond acceptors (Lipinski definition) is 6. The van der Waals surface area contributed by atoms with Crippen LogP contribution in [0, 0.1) is 0 Å². The van der Waals surface area contributed by atoms with E-state index in [4.69, 9.17) is 5.11 Å². The highest BCUT2D eigenvalue weighted by molar-refractivity contribution is 7.92. The molecule has 0 amide bonds. The molecular weight excluding hydrogens is 252 g/mol. The second-order valence-electron chi connectivity index (χ2n) is 2.94. The standard InChI is InChI=1S/C7H6N4O5S/c12-7(13)5-2-8-10-6(5)17(14,15)11-4-1-9-16-3-4/h1-3,11H,(H,8,10)(H,12,13). The number of carboxylic acid groups (broad SMARTS) is 1. The Morgan fingerprint density at radius 1 is 1.47 bits per heavy atom. The molecule has 0 atom stereocenters. The van der Waals surface area contributed by atoms with Gasteiger partial charge in [-0.1, -0.05) is 5.16 Å². The van der Waals surface area contributed by atoms with Crippen LogP contribution in [0.15, 0.2) is 28.2 Å². The molecule has 2 rings (SSSR count). The molecule has 0 aliphatic carbocycles. The number of carboxylic acids is 1. The lowest BCUT2D eigenvalue weighted by Gasteiger charge is -2.03. The van der Waals surface area contributed by atoms with E-state index >= 15 is 0 Å².